The van der Waals surface area contributed by atoms with E-state index < -0.39 is 11.2 Å². The lowest BCUT2D eigenvalue weighted by Gasteiger charge is -2.01. The highest BCUT2D eigenvalue weighted by Crippen LogP contribution is 2.10. The van der Waals surface area contributed by atoms with E-state index in [9.17, 15) is 9.59 Å². The van der Waals surface area contributed by atoms with Crippen molar-refractivity contribution in [1.82, 2.24) is 0 Å². The van der Waals surface area contributed by atoms with Gasteiger partial charge in [-0.25, -0.2) is 0 Å². The summed E-state index contributed by atoms with van der Waals surface area (Å²) in [5.74, 6) is -0.482. The van der Waals surface area contributed by atoms with E-state index in [1.807, 2.05) is 0 Å². The van der Waals surface area contributed by atoms with Gasteiger partial charge in [-0.15, -0.1) is 0 Å². The molecular weight excluding hydrogens is 188 g/mol. The quantitative estimate of drug-likeness (QED) is 0.770. The molecule has 5 heteroatoms. The molecule has 1 aromatic rings. The molecule has 0 atom stereocenters. The van der Waals surface area contributed by atoms with Gasteiger partial charge in [0.05, 0.1) is 12.7 Å². The summed E-state index contributed by atoms with van der Waals surface area (Å²) in [4.78, 5) is 21.4. The highest BCUT2D eigenvalue weighted by atomic mass is 16.6. The first kappa shape index (κ1) is 10.3. The van der Waals surface area contributed by atoms with Gasteiger partial charge in [0.25, 0.3) is 5.95 Å². The van der Waals surface area contributed by atoms with Crippen LogP contribution in [-0.2, 0) is 4.79 Å². The largest absolute Gasteiger partial charge is 0.502 e. The summed E-state index contributed by atoms with van der Waals surface area (Å²) >= 11 is 0. The van der Waals surface area contributed by atoms with Crippen LogP contribution in [0.5, 0.6) is 11.7 Å². The van der Waals surface area contributed by atoms with Crippen LogP contribution in [0.25, 0.3) is 0 Å². The second-order valence-electron chi connectivity index (χ2n) is 2.75. The molecule has 0 amide bonds. The van der Waals surface area contributed by atoms with Gasteiger partial charge in [0.2, 0.25) is 5.43 Å². The van der Waals surface area contributed by atoms with Gasteiger partial charge in [-0.3, -0.25) is 9.59 Å². The third-order valence-corrected chi connectivity index (χ3v) is 1.49. The Bertz CT molecular complexity index is 379. The summed E-state index contributed by atoms with van der Waals surface area (Å²) in [5.41, 5.74) is -0.575. The van der Waals surface area contributed by atoms with Gasteiger partial charge in [0.15, 0.2) is 5.75 Å². The average molecular weight is 198 g/mol. The zero-order valence-electron chi connectivity index (χ0n) is 7.65. The van der Waals surface area contributed by atoms with E-state index in [4.69, 9.17) is 14.3 Å². The predicted octanol–water partition coefficient (Wildman–Crippen LogP) is 0.703. The van der Waals surface area contributed by atoms with Crippen LogP contribution in [0, 0.1) is 0 Å². The zero-order chi connectivity index (χ0) is 10.6. The summed E-state index contributed by atoms with van der Waals surface area (Å²) in [7, 11) is 0. The standard InChI is InChI=1S/C9H10O5/c1-6(10)2-3-13-9-4-7(11)8(12)5-14-9/h4-5,12H,2-3H2,1H3. The molecule has 76 valence electrons. The molecule has 0 aliphatic rings. The van der Waals surface area contributed by atoms with Crippen LogP contribution in [0.3, 0.4) is 0 Å². The number of ether oxygens (including phenoxy) is 1. The van der Waals surface area contributed by atoms with E-state index in [0.29, 0.717) is 0 Å². The molecule has 0 saturated carbocycles. The second kappa shape index (κ2) is 4.45. The minimum Gasteiger partial charge on any atom is -0.502 e. The van der Waals surface area contributed by atoms with E-state index in [2.05, 4.69) is 0 Å². The fourth-order valence-electron chi connectivity index (χ4n) is 0.758. The summed E-state index contributed by atoms with van der Waals surface area (Å²) in [5, 5.41) is 8.84. The molecular formula is C9H10O5. The molecule has 1 rings (SSSR count). The number of aromatic hydroxyl groups is 1. The van der Waals surface area contributed by atoms with Crippen LogP contribution in [-0.4, -0.2) is 17.5 Å². The topological polar surface area (TPSA) is 76.7 Å². The predicted molar refractivity (Wildman–Crippen MR) is 47.4 cm³/mol. The maximum Gasteiger partial charge on any atom is 0.288 e. The first-order valence-corrected chi connectivity index (χ1v) is 4.03. The fourth-order valence-corrected chi connectivity index (χ4v) is 0.758. The lowest BCUT2D eigenvalue weighted by molar-refractivity contribution is -0.117. The van der Waals surface area contributed by atoms with Crippen LogP contribution < -0.4 is 10.2 Å². The molecule has 1 heterocycles. The van der Waals surface area contributed by atoms with Gasteiger partial charge >= 0.3 is 0 Å². The molecule has 0 aliphatic carbocycles. The summed E-state index contributed by atoms with van der Waals surface area (Å²) < 4.78 is 9.69. The zero-order valence-corrected chi connectivity index (χ0v) is 7.65. The van der Waals surface area contributed by atoms with Gasteiger partial charge in [-0.1, -0.05) is 0 Å². The van der Waals surface area contributed by atoms with Crippen LogP contribution in [0.15, 0.2) is 21.5 Å². The fraction of sp³-hybridized carbons (Fsp3) is 0.333. The first-order chi connectivity index (χ1) is 6.59. The SMILES string of the molecule is CC(=O)CCOc1cc(=O)c(O)co1. The molecule has 14 heavy (non-hydrogen) atoms. The van der Waals surface area contributed by atoms with Gasteiger partial charge < -0.3 is 14.3 Å². The Morgan fingerprint density at radius 2 is 2.36 bits per heavy atom. The summed E-state index contributed by atoms with van der Waals surface area (Å²) in [6, 6.07) is 1.02. The normalized spacial score (nSPS) is 9.79. The van der Waals surface area contributed by atoms with Crippen molar-refractivity contribution in [2.75, 3.05) is 6.61 Å². The Hall–Kier alpha value is -1.78. The van der Waals surface area contributed by atoms with Crippen molar-refractivity contribution in [3.63, 3.8) is 0 Å². The number of rotatable bonds is 4. The Labute approximate surface area is 79.9 Å². The smallest absolute Gasteiger partial charge is 0.288 e. The monoisotopic (exact) mass is 198 g/mol. The highest BCUT2D eigenvalue weighted by molar-refractivity contribution is 5.75. The lowest BCUT2D eigenvalue weighted by atomic mass is 10.3. The van der Waals surface area contributed by atoms with E-state index in [0.717, 1.165) is 12.3 Å². The van der Waals surface area contributed by atoms with Crippen molar-refractivity contribution in [1.29, 1.82) is 0 Å². The van der Waals surface area contributed by atoms with E-state index in [1.165, 1.54) is 6.92 Å². The van der Waals surface area contributed by atoms with Crippen LogP contribution in [0.1, 0.15) is 13.3 Å². The van der Waals surface area contributed by atoms with E-state index >= 15 is 0 Å². The van der Waals surface area contributed by atoms with Crippen molar-refractivity contribution >= 4 is 5.78 Å². The van der Waals surface area contributed by atoms with Crippen LogP contribution >= 0.6 is 0 Å². The van der Waals surface area contributed by atoms with Crippen molar-refractivity contribution in [3.8, 4) is 11.7 Å². The number of hydrogen-bond donors (Lipinski definition) is 1. The minimum absolute atomic E-state index is 0.00551. The van der Waals surface area contributed by atoms with E-state index in [1.54, 1.807) is 0 Å². The molecule has 0 fully saturated rings. The molecule has 0 spiro atoms. The van der Waals surface area contributed by atoms with Crippen molar-refractivity contribution < 1.29 is 19.1 Å². The van der Waals surface area contributed by atoms with Gasteiger partial charge in [-0.05, 0) is 6.92 Å². The number of carbonyl (C=O) groups is 1. The lowest BCUT2D eigenvalue weighted by Crippen LogP contribution is -2.05. The number of Topliss-reactive ketones (excluding diaryl/α,β-unsaturated/α-hetero) is 1. The Morgan fingerprint density at radius 1 is 1.64 bits per heavy atom. The molecule has 1 N–H and O–H groups in total. The van der Waals surface area contributed by atoms with E-state index in [-0.39, 0.29) is 24.8 Å². The molecule has 5 nitrogen and oxygen atoms in total. The highest BCUT2D eigenvalue weighted by Gasteiger charge is 2.02. The Kier molecular flexibility index (Phi) is 3.28. The molecule has 1 aromatic heterocycles. The first-order valence-electron chi connectivity index (χ1n) is 4.03. The maximum absolute atomic E-state index is 10.9. The number of hydrogen-bond acceptors (Lipinski definition) is 5. The Morgan fingerprint density at radius 3 is 2.93 bits per heavy atom. The third-order valence-electron chi connectivity index (χ3n) is 1.49. The second-order valence-corrected chi connectivity index (χ2v) is 2.75. The Balaban J connectivity index is 2.56. The maximum atomic E-state index is 10.9. The molecule has 0 saturated heterocycles. The average Bonchev–Trinajstić information content (AvgIpc) is 2.10. The summed E-state index contributed by atoms with van der Waals surface area (Å²) in [6.07, 6.45) is 1.15. The number of carbonyl (C=O) groups excluding carboxylic acids is 1. The molecule has 0 unspecified atom stereocenters. The number of ketones is 1. The minimum atomic E-state index is -0.575. The van der Waals surface area contributed by atoms with Crippen molar-refractivity contribution in [2.45, 2.75) is 13.3 Å². The molecule has 0 radical (unpaired) electrons. The van der Waals surface area contributed by atoms with Gasteiger partial charge in [0.1, 0.15) is 12.0 Å². The van der Waals surface area contributed by atoms with Crippen molar-refractivity contribution in [3.05, 3.63) is 22.6 Å². The van der Waals surface area contributed by atoms with Gasteiger partial charge in [0, 0.05) is 6.42 Å². The third kappa shape index (κ3) is 2.93. The molecule has 0 bridgehead atoms. The van der Waals surface area contributed by atoms with Crippen LogP contribution in [0.4, 0.5) is 0 Å². The van der Waals surface area contributed by atoms with Crippen LogP contribution in [0.2, 0.25) is 0 Å². The molecule has 0 aliphatic heterocycles. The summed E-state index contributed by atoms with van der Waals surface area (Å²) in [6.45, 7) is 1.60. The van der Waals surface area contributed by atoms with Gasteiger partial charge in [-0.2, -0.15) is 0 Å². The molecule has 0 aromatic carbocycles. The van der Waals surface area contributed by atoms with Crippen molar-refractivity contribution in [2.24, 2.45) is 0 Å².